The van der Waals surface area contributed by atoms with Crippen molar-refractivity contribution in [1.29, 1.82) is 5.26 Å². The summed E-state index contributed by atoms with van der Waals surface area (Å²) in [6.45, 7) is 2.49. The van der Waals surface area contributed by atoms with Gasteiger partial charge in [0, 0.05) is 19.1 Å². The Balaban J connectivity index is 1.35. The molecule has 0 aliphatic carbocycles. The molecule has 1 amide bonds. The number of ether oxygens (including phenoxy) is 2. The maximum absolute atomic E-state index is 12.1. The van der Waals surface area contributed by atoms with Crippen molar-refractivity contribution in [3.63, 3.8) is 0 Å². The number of anilines is 1. The number of fused-ring (bicyclic) bond motifs is 1. The van der Waals surface area contributed by atoms with E-state index in [4.69, 9.17) is 20.9 Å². The molecular weight excluding hydrogens is 432 g/mol. The number of likely N-dealkylation sites (tertiary alicyclic amines) is 1. The number of nitrogens with zero attached hydrogens (tertiary/aromatic N) is 5. The highest BCUT2D eigenvalue weighted by atomic mass is 16.6. The monoisotopic (exact) mass is 460 g/mol. The molecule has 2 aliphatic heterocycles. The van der Waals surface area contributed by atoms with Gasteiger partial charge in [-0.25, -0.2) is 14.3 Å². The third-order valence-electron chi connectivity index (χ3n) is 6.19. The number of piperidine rings is 1. The van der Waals surface area contributed by atoms with E-state index < -0.39 is 30.0 Å². The van der Waals surface area contributed by atoms with E-state index in [1.54, 1.807) is 6.07 Å². The summed E-state index contributed by atoms with van der Waals surface area (Å²) in [5.41, 5.74) is 10.4. The van der Waals surface area contributed by atoms with Crippen molar-refractivity contribution in [2.45, 2.75) is 42.8 Å². The van der Waals surface area contributed by atoms with Gasteiger partial charge in [-0.05, 0) is 38.1 Å². The Hall–Kier alpha value is -3.02. The number of rotatable bonds is 6. The molecule has 2 aromatic rings. The molecule has 0 aromatic carbocycles. The molecule has 4 rings (SSSR count). The fourth-order valence-electron chi connectivity index (χ4n) is 4.25. The summed E-state index contributed by atoms with van der Waals surface area (Å²) in [6.07, 6.45) is -1.83. The number of nitrogens with two attached hydrogens (primary N) is 2. The number of amides is 1. The first-order valence-electron chi connectivity index (χ1n) is 10.8. The van der Waals surface area contributed by atoms with Crippen LogP contribution in [0, 0.1) is 11.3 Å². The van der Waals surface area contributed by atoms with Crippen LogP contribution in [0.15, 0.2) is 18.5 Å². The van der Waals surface area contributed by atoms with Gasteiger partial charge in [0.15, 0.2) is 5.82 Å². The Morgan fingerprint density at radius 3 is 2.88 bits per heavy atom. The van der Waals surface area contributed by atoms with Crippen LogP contribution in [0.1, 0.15) is 18.5 Å². The molecule has 0 radical (unpaired) electrons. The van der Waals surface area contributed by atoms with E-state index in [0.29, 0.717) is 18.6 Å². The SMILES string of the molecule is N#C[C@@]1(c2ccc3c(N)ncnn23)O[C@H](COC(=O)NCCN2CCC(N)CC2)[C@@H](O)[C@H]1O. The highest BCUT2D eigenvalue weighted by Crippen LogP contribution is 2.40. The van der Waals surface area contributed by atoms with Gasteiger partial charge < -0.3 is 41.4 Å². The van der Waals surface area contributed by atoms with Gasteiger partial charge in [0.2, 0.25) is 5.60 Å². The average molecular weight is 460 g/mol. The first kappa shape index (κ1) is 23.1. The van der Waals surface area contributed by atoms with E-state index in [1.165, 1.54) is 16.9 Å². The lowest BCUT2D eigenvalue weighted by Gasteiger charge is -2.29. The zero-order valence-electron chi connectivity index (χ0n) is 18.0. The van der Waals surface area contributed by atoms with Gasteiger partial charge >= 0.3 is 6.09 Å². The Kier molecular flexibility index (Phi) is 6.63. The second-order valence-corrected chi connectivity index (χ2v) is 8.30. The molecular formula is C20H28N8O5. The standard InChI is InChI=1S/C20H28N8O5/c21-10-20(15-2-1-13-18(23)25-11-26-28(13)15)17(30)16(29)14(33-20)9-32-19(31)24-5-8-27-6-3-12(22)4-7-27/h1-2,11-12,14,16-17,29-30H,3-9,22H2,(H,24,31)(H2,23,25,26)/t14-,16-,17-,20+/m1/s1. The van der Waals surface area contributed by atoms with Gasteiger partial charge in [-0.15, -0.1) is 0 Å². The maximum atomic E-state index is 12.1. The average Bonchev–Trinajstić information content (AvgIpc) is 3.35. The molecule has 0 saturated carbocycles. The largest absolute Gasteiger partial charge is 0.447 e. The molecule has 7 N–H and O–H groups in total. The van der Waals surface area contributed by atoms with Crippen LogP contribution in [0.5, 0.6) is 0 Å². The number of nitrogens with one attached hydrogen (secondary N) is 1. The molecule has 4 atom stereocenters. The van der Waals surface area contributed by atoms with Gasteiger partial charge in [0.25, 0.3) is 0 Å². The third kappa shape index (κ3) is 4.43. The number of carbonyl (C=O) groups is 1. The number of aliphatic hydroxyl groups is 2. The molecule has 13 nitrogen and oxygen atoms in total. The van der Waals surface area contributed by atoms with Crippen molar-refractivity contribution in [2.75, 3.05) is 38.5 Å². The summed E-state index contributed by atoms with van der Waals surface area (Å²) in [5, 5.41) is 37.8. The summed E-state index contributed by atoms with van der Waals surface area (Å²) < 4.78 is 12.3. The molecule has 178 valence electrons. The molecule has 0 spiro atoms. The Labute approximate surface area is 189 Å². The lowest BCUT2D eigenvalue weighted by molar-refractivity contribution is -0.0659. The van der Waals surface area contributed by atoms with E-state index in [-0.39, 0.29) is 24.2 Å². The second kappa shape index (κ2) is 9.46. The van der Waals surface area contributed by atoms with Crippen LogP contribution in [0.3, 0.4) is 0 Å². The van der Waals surface area contributed by atoms with Crippen LogP contribution in [0.25, 0.3) is 5.52 Å². The third-order valence-corrected chi connectivity index (χ3v) is 6.19. The highest BCUT2D eigenvalue weighted by Gasteiger charge is 2.57. The minimum absolute atomic E-state index is 0.175. The minimum Gasteiger partial charge on any atom is -0.447 e. The summed E-state index contributed by atoms with van der Waals surface area (Å²) >= 11 is 0. The molecule has 0 bridgehead atoms. The Morgan fingerprint density at radius 2 is 2.15 bits per heavy atom. The van der Waals surface area contributed by atoms with Gasteiger partial charge in [-0.1, -0.05) is 0 Å². The van der Waals surface area contributed by atoms with Crippen molar-refractivity contribution in [2.24, 2.45) is 5.73 Å². The predicted octanol–water partition coefficient (Wildman–Crippen LogP) is -1.70. The minimum atomic E-state index is -1.94. The van der Waals surface area contributed by atoms with Crippen LogP contribution < -0.4 is 16.8 Å². The molecule has 2 saturated heterocycles. The fourth-order valence-corrected chi connectivity index (χ4v) is 4.25. The van der Waals surface area contributed by atoms with E-state index in [2.05, 4.69) is 20.3 Å². The van der Waals surface area contributed by atoms with Gasteiger partial charge in [-0.3, -0.25) is 0 Å². The lowest BCUT2D eigenvalue weighted by atomic mass is 9.92. The zero-order chi connectivity index (χ0) is 23.6. The smallest absolute Gasteiger partial charge is 0.407 e. The quantitative estimate of drug-likeness (QED) is 0.329. The van der Waals surface area contributed by atoms with Gasteiger partial charge in [-0.2, -0.15) is 10.4 Å². The first-order chi connectivity index (χ1) is 15.9. The fraction of sp³-hybridized carbons (Fsp3) is 0.600. The van der Waals surface area contributed by atoms with Gasteiger partial charge in [0.05, 0.1) is 5.69 Å². The molecule has 4 heterocycles. The number of nitriles is 1. The van der Waals surface area contributed by atoms with Crippen LogP contribution in [0.2, 0.25) is 0 Å². The van der Waals surface area contributed by atoms with Crippen molar-refractivity contribution in [3.8, 4) is 6.07 Å². The molecule has 2 aromatic heterocycles. The van der Waals surface area contributed by atoms with Crippen molar-refractivity contribution in [3.05, 3.63) is 24.2 Å². The van der Waals surface area contributed by atoms with Crippen molar-refractivity contribution in [1.82, 2.24) is 24.8 Å². The Bertz CT molecular complexity index is 1030. The topological polar surface area (TPSA) is 197 Å². The van der Waals surface area contributed by atoms with E-state index in [9.17, 15) is 20.3 Å². The second-order valence-electron chi connectivity index (χ2n) is 8.30. The number of aromatic nitrogens is 3. The van der Waals surface area contributed by atoms with Gasteiger partial charge in [0.1, 0.15) is 42.8 Å². The van der Waals surface area contributed by atoms with Crippen LogP contribution in [-0.2, 0) is 15.1 Å². The molecule has 2 fully saturated rings. The van der Waals surface area contributed by atoms with E-state index in [1.807, 2.05) is 6.07 Å². The summed E-state index contributed by atoms with van der Waals surface area (Å²) in [5.74, 6) is 0.182. The molecule has 13 heteroatoms. The van der Waals surface area contributed by atoms with Crippen molar-refractivity contribution < 1.29 is 24.5 Å². The number of hydrogen-bond acceptors (Lipinski definition) is 11. The zero-order valence-corrected chi connectivity index (χ0v) is 18.0. The predicted molar refractivity (Wildman–Crippen MR) is 115 cm³/mol. The van der Waals surface area contributed by atoms with E-state index >= 15 is 0 Å². The number of carbonyl (C=O) groups excluding carboxylic acids is 1. The summed E-state index contributed by atoms with van der Waals surface area (Å²) in [4.78, 5) is 18.2. The normalized spacial score (nSPS) is 28.6. The highest BCUT2D eigenvalue weighted by molar-refractivity contribution is 5.67. The van der Waals surface area contributed by atoms with E-state index in [0.717, 1.165) is 25.9 Å². The first-order valence-corrected chi connectivity index (χ1v) is 10.8. The maximum Gasteiger partial charge on any atom is 0.407 e. The van der Waals surface area contributed by atoms with Crippen LogP contribution in [0.4, 0.5) is 10.6 Å². The number of nitrogen functional groups attached to an aromatic ring is 1. The van der Waals surface area contributed by atoms with Crippen LogP contribution in [-0.4, -0.2) is 92.9 Å². The lowest BCUT2D eigenvalue weighted by Crippen LogP contribution is -2.43. The molecule has 0 unspecified atom stereocenters. The summed E-state index contributed by atoms with van der Waals surface area (Å²) in [7, 11) is 0. The van der Waals surface area contributed by atoms with Crippen molar-refractivity contribution >= 4 is 17.4 Å². The molecule has 33 heavy (non-hydrogen) atoms. The number of alkyl carbamates (subject to hydrolysis) is 1. The number of hydrogen-bond donors (Lipinski definition) is 5. The Morgan fingerprint density at radius 1 is 1.39 bits per heavy atom. The van der Waals surface area contributed by atoms with Crippen LogP contribution >= 0.6 is 0 Å². The molecule has 2 aliphatic rings. The number of aliphatic hydroxyl groups excluding tert-OH is 2. The summed E-state index contributed by atoms with van der Waals surface area (Å²) in [6, 6.07) is 5.28.